The SMILES string of the molecule is CCCCCCCCCCC[C-]=O.NCC(=O)O.[Na+]. The maximum Gasteiger partial charge on any atom is 1.00 e. The first-order chi connectivity index (χ1) is 8.68. The number of carbonyl (C=O) groups excluding carboxylic acids is 1. The molecule has 0 aromatic carbocycles. The van der Waals surface area contributed by atoms with Crippen LogP contribution in [0.15, 0.2) is 0 Å². The molecule has 0 spiro atoms. The Morgan fingerprint density at radius 2 is 1.37 bits per heavy atom. The number of nitrogens with two attached hydrogens (primary N) is 1. The van der Waals surface area contributed by atoms with E-state index in [-0.39, 0.29) is 36.1 Å². The number of rotatable bonds is 11. The summed E-state index contributed by atoms with van der Waals surface area (Å²) in [6.45, 7) is 1.97. The summed E-state index contributed by atoms with van der Waals surface area (Å²) in [7, 11) is 0. The van der Waals surface area contributed by atoms with E-state index in [0.717, 1.165) is 6.42 Å². The fourth-order valence-corrected chi connectivity index (χ4v) is 1.51. The molecule has 0 saturated heterocycles. The van der Waals surface area contributed by atoms with Crippen LogP contribution >= 0.6 is 0 Å². The fraction of sp³-hybridized carbons (Fsp3) is 0.857. The monoisotopic (exact) mass is 281 g/mol. The first-order valence-corrected chi connectivity index (χ1v) is 6.95. The standard InChI is InChI=1S/C12H23O.C2H5NO2.Na/c1-2-3-4-5-6-7-8-9-10-11-12-13;3-1-2(4)5;/h2-11H2,1H3;1,3H2,(H,4,5);/q-1;;+1. The van der Waals surface area contributed by atoms with Gasteiger partial charge in [0.2, 0.25) is 0 Å². The van der Waals surface area contributed by atoms with E-state index in [4.69, 9.17) is 5.11 Å². The largest absolute Gasteiger partial charge is 1.00 e. The zero-order chi connectivity index (χ0) is 14.1. The molecule has 0 unspecified atom stereocenters. The predicted molar refractivity (Wildman–Crippen MR) is 74.2 cm³/mol. The van der Waals surface area contributed by atoms with Crippen LogP contribution in [0.3, 0.4) is 0 Å². The predicted octanol–water partition coefficient (Wildman–Crippen LogP) is 0.0507. The molecule has 108 valence electrons. The minimum atomic E-state index is -0.968. The molecule has 0 radical (unpaired) electrons. The first kappa shape index (κ1) is 24.1. The molecule has 0 atom stereocenters. The Hall–Kier alpha value is 0.100. The third-order valence-corrected chi connectivity index (χ3v) is 2.56. The summed E-state index contributed by atoms with van der Waals surface area (Å²) < 4.78 is 0. The number of hydrogen-bond acceptors (Lipinski definition) is 3. The van der Waals surface area contributed by atoms with Gasteiger partial charge in [0, 0.05) is 0 Å². The number of carbonyl (C=O) groups is 1. The van der Waals surface area contributed by atoms with Gasteiger partial charge in [0.25, 0.3) is 0 Å². The third-order valence-electron chi connectivity index (χ3n) is 2.56. The van der Waals surface area contributed by atoms with Crippen LogP contribution in [0, 0.1) is 0 Å². The zero-order valence-corrected chi connectivity index (χ0v) is 14.6. The van der Waals surface area contributed by atoms with Gasteiger partial charge >= 0.3 is 35.5 Å². The summed E-state index contributed by atoms with van der Waals surface area (Å²) in [5, 5.41) is 7.60. The molecule has 0 aromatic heterocycles. The van der Waals surface area contributed by atoms with E-state index < -0.39 is 5.97 Å². The van der Waals surface area contributed by atoms with Crippen LogP contribution in [0.5, 0.6) is 0 Å². The van der Waals surface area contributed by atoms with E-state index in [9.17, 15) is 9.59 Å². The smallest absolute Gasteiger partial charge is 0.542 e. The van der Waals surface area contributed by atoms with Crippen molar-refractivity contribution in [3.05, 3.63) is 0 Å². The molecule has 0 saturated carbocycles. The van der Waals surface area contributed by atoms with Crippen molar-refractivity contribution in [2.75, 3.05) is 6.54 Å². The number of carboxylic acid groups (broad SMARTS) is 1. The average Bonchev–Trinajstić information content (AvgIpc) is 2.37. The minimum Gasteiger partial charge on any atom is -0.542 e. The molecule has 0 amide bonds. The van der Waals surface area contributed by atoms with Crippen LogP contribution < -0.4 is 35.3 Å². The van der Waals surface area contributed by atoms with Crippen LogP contribution in [0.2, 0.25) is 0 Å². The second-order valence-electron chi connectivity index (χ2n) is 4.32. The average molecular weight is 281 g/mol. The minimum absolute atomic E-state index is 0. The Kier molecular flexibility index (Phi) is 29.5. The van der Waals surface area contributed by atoms with Crippen molar-refractivity contribution in [1.82, 2.24) is 0 Å². The number of hydrogen-bond donors (Lipinski definition) is 2. The molecule has 0 aliphatic heterocycles. The van der Waals surface area contributed by atoms with Crippen LogP contribution in [-0.2, 0) is 9.59 Å². The van der Waals surface area contributed by atoms with Crippen molar-refractivity contribution in [2.45, 2.75) is 71.1 Å². The molecule has 4 nitrogen and oxygen atoms in total. The van der Waals surface area contributed by atoms with Crippen molar-refractivity contribution in [1.29, 1.82) is 0 Å². The van der Waals surface area contributed by atoms with E-state index >= 15 is 0 Å². The third kappa shape index (κ3) is 32.0. The Morgan fingerprint density at radius 3 is 1.68 bits per heavy atom. The summed E-state index contributed by atoms with van der Waals surface area (Å²) in [4.78, 5) is 19.1. The number of unbranched alkanes of at least 4 members (excludes halogenated alkanes) is 9. The Morgan fingerprint density at radius 1 is 1.00 bits per heavy atom. The normalized spacial score (nSPS) is 8.95. The second kappa shape index (κ2) is 23.2. The molecule has 0 aliphatic carbocycles. The van der Waals surface area contributed by atoms with Gasteiger partial charge in [0.15, 0.2) is 0 Å². The molecule has 3 N–H and O–H groups in total. The molecule has 0 heterocycles. The Labute approximate surface area is 139 Å². The van der Waals surface area contributed by atoms with Crippen LogP contribution in [-0.4, -0.2) is 23.9 Å². The number of carboxylic acids is 1. The van der Waals surface area contributed by atoms with E-state index in [2.05, 4.69) is 12.7 Å². The van der Waals surface area contributed by atoms with Gasteiger partial charge in [-0.1, -0.05) is 64.7 Å². The first-order valence-electron chi connectivity index (χ1n) is 6.95. The van der Waals surface area contributed by atoms with Gasteiger partial charge in [-0.05, 0) is 0 Å². The maximum atomic E-state index is 9.89. The van der Waals surface area contributed by atoms with E-state index in [1.54, 1.807) is 0 Å². The van der Waals surface area contributed by atoms with Crippen molar-refractivity contribution in [3.8, 4) is 0 Å². The Balaban J connectivity index is -0.000000366. The van der Waals surface area contributed by atoms with Crippen LogP contribution in [0.25, 0.3) is 0 Å². The molecule has 0 aliphatic rings. The van der Waals surface area contributed by atoms with Crippen molar-refractivity contribution in [3.63, 3.8) is 0 Å². The van der Waals surface area contributed by atoms with Crippen molar-refractivity contribution >= 4 is 12.3 Å². The summed E-state index contributed by atoms with van der Waals surface area (Å²) in [5.74, 6) is -0.968. The molecular weight excluding hydrogens is 253 g/mol. The Bertz CT molecular complexity index is 190. The summed E-state index contributed by atoms with van der Waals surface area (Å²) >= 11 is 0. The van der Waals surface area contributed by atoms with Crippen LogP contribution in [0.4, 0.5) is 0 Å². The van der Waals surface area contributed by atoms with Gasteiger partial charge in [-0.3, -0.25) is 11.1 Å². The molecule has 0 fully saturated rings. The van der Waals surface area contributed by atoms with Crippen molar-refractivity contribution in [2.24, 2.45) is 5.73 Å². The van der Waals surface area contributed by atoms with Gasteiger partial charge < -0.3 is 15.6 Å². The van der Waals surface area contributed by atoms with Gasteiger partial charge in [0.1, 0.15) is 0 Å². The van der Waals surface area contributed by atoms with Gasteiger partial charge in [0.05, 0.1) is 6.54 Å². The van der Waals surface area contributed by atoms with Gasteiger partial charge in [-0.15, -0.1) is 0 Å². The molecule has 5 heteroatoms. The number of aliphatic carboxylic acids is 1. The van der Waals surface area contributed by atoms with Crippen molar-refractivity contribution < 1.29 is 44.3 Å². The maximum absolute atomic E-state index is 9.89. The summed E-state index contributed by atoms with van der Waals surface area (Å²) in [6.07, 6.45) is 14.4. The summed E-state index contributed by atoms with van der Waals surface area (Å²) in [5.41, 5.74) is 4.57. The molecule has 19 heavy (non-hydrogen) atoms. The zero-order valence-electron chi connectivity index (χ0n) is 12.6. The second-order valence-corrected chi connectivity index (χ2v) is 4.32. The van der Waals surface area contributed by atoms with E-state index in [0.29, 0.717) is 6.42 Å². The fourth-order valence-electron chi connectivity index (χ4n) is 1.51. The van der Waals surface area contributed by atoms with E-state index in [1.807, 2.05) is 6.29 Å². The molecule has 0 rings (SSSR count). The quantitative estimate of drug-likeness (QED) is 0.319. The van der Waals surface area contributed by atoms with Gasteiger partial charge in [-0.2, -0.15) is 6.42 Å². The van der Waals surface area contributed by atoms with Crippen LogP contribution in [0.1, 0.15) is 71.1 Å². The summed E-state index contributed by atoms with van der Waals surface area (Å²) in [6, 6.07) is 0. The molecule has 0 bridgehead atoms. The molecular formula is C14H28NNaO3. The van der Waals surface area contributed by atoms with Gasteiger partial charge in [-0.25, -0.2) is 0 Å². The topological polar surface area (TPSA) is 80.4 Å². The van der Waals surface area contributed by atoms with E-state index in [1.165, 1.54) is 51.4 Å². The molecule has 0 aromatic rings.